The zero-order valence-electron chi connectivity index (χ0n) is 30.3. The van der Waals surface area contributed by atoms with Gasteiger partial charge >= 0.3 is 11.9 Å². The van der Waals surface area contributed by atoms with E-state index in [9.17, 15) is 30.0 Å². The average molecular weight is 845 g/mol. The van der Waals surface area contributed by atoms with E-state index in [1.165, 1.54) is 19.4 Å². The highest BCUT2D eigenvalue weighted by Crippen LogP contribution is 2.65. The molecular weight excluding hydrogens is 780 g/mol. The van der Waals surface area contributed by atoms with Crippen molar-refractivity contribution in [1.29, 1.82) is 0 Å². The number of ether oxygens (including phenoxy) is 2. The second kappa shape index (κ2) is 15.2. The van der Waals surface area contributed by atoms with Gasteiger partial charge in [0, 0.05) is 24.7 Å². The fourth-order valence-corrected chi connectivity index (χ4v) is 16.0. The van der Waals surface area contributed by atoms with Crippen LogP contribution < -0.4 is 0 Å². The van der Waals surface area contributed by atoms with Gasteiger partial charge < -0.3 is 29.9 Å². The SMILES string of the molecule is C.CC(=O)O[C@H]1[C@H](Br)CC2C3C(CC[C@@]21C)[C@H]1CC[C@H](O)CC1=C[C@@H]3O.CC(=O)O[C@H]1[C@H](Br)CC2C3C(CC[C@@]21C)[C@H]1CC[C@H](O)CC1C[C@@H]3O. The average Bonchev–Trinajstić information content (AvgIpc) is 3.44. The van der Waals surface area contributed by atoms with E-state index in [4.69, 9.17) is 9.47 Å². The molecule has 0 spiro atoms. The number of fused-ring (bicyclic) bond motifs is 10. The van der Waals surface area contributed by atoms with E-state index in [-0.39, 0.29) is 76.3 Å². The molecule has 8 aliphatic carbocycles. The van der Waals surface area contributed by atoms with Gasteiger partial charge in [0.05, 0.1) is 34.1 Å². The van der Waals surface area contributed by atoms with Gasteiger partial charge in [0.15, 0.2) is 0 Å². The van der Waals surface area contributed by atoms with Gasteiger partial charge in [-0.25, -0.2) is 0 Å². The Labute approximate surface area is 322 Å². The van der Waals surface area contributed by atoms with E-state index in [1.54, 1.807) is 0 Å². The molecule has 8 nitrogen and oxygen atoms in total. The Balaban J connectivity index is 0.000000172. The molecule has 0 amide bonds. The molecule has 0 radical (unpaired) electrons. The summed E-state index contributed by atoms with van der Waals surface area (Å²) in [5, 5.41) is 42.0. The summed E-state index contributed by atoms with van der Waals surface area (Å²) in [5.74, 6) is 3.61. The molecule has 10 heteroatoms. The molecule has 19 atom stereocenters. The summed E-state index contributed by atoms with van der Waals surface area (Å²) in [6.45, 7) is 7.50. The molecule has 7 saturated carbocycles. The maximum Gasteiger partial charge on any atom is 0.302 e. The Morgan fingerprint density at radius 2 is 1.25 bits per heavy atom. The molecule has 7 unspecified atom stereocenters. The van der Waals surface area contributed by atoms with Crippen molar-refractivity contribution in [2.45, 2.75) is 165 Å². The first-order chi connectivity index (χ1) is 23.6. The van der Waals surface area contributed by atoms with Gasteiger partial charge in [0.1, 0.15) is 12.2 Å². The zero-order valence-corrected chi connectivity index (χ0v) is 33.4. The molecule has 0 aromatic heterocycles. The maximum atomic E-state index is 11.6. The number of hydrogen-bond acceptors (Lipinski definition) is 8. The fraction of sp³-hybridized carbons (Fsp3) is 0.902. The van der Waals surface area contributed by atoms with Crippen LogP contribution in [-0.2, 0) is 19.1 Å². The van der Waals surface area contributed by atoms with Gasteiger partial charge in [-0.1, -0.05) is 64.8 Å². The smallest absolute Gasteiger partial charge is 0.302 e. The molecule has 0 aromatic rings. The van der Waals surface area contributed by atoms with Crippen LogP contribution in [0.2, 0.25) is 0 Å². The van der Waals surface area contributed by atoms with Crippen molar-refractivity contribution in [3.05, 3.63) is 11.6 Å². The second-order valence-corrected chi connectivity index (χ2v) is 20.7. The Hall–Kier alpha value is -0.520. The highest BCUT2D eigenvalue weighted by Gasteiger charge is 2.64. The lowest BCUT2D eigenvalue weighted by Gasteiger charge is -2.57. The molecule has 0 bridgehead atoms. The number of carbonyl (C=O) groups excluding carboxylic acids is 2. The number of rotatable bonds is 2. The third-order valence-electron chi connectivity index (χ3n) is 15.8. The van der Waals surface area contributed by atoms with Crippen LogP contribution in [-0.4, -0.2) is 78.6 Å². The predicted molar refractivity (Wildman–Crippen MR) is 203 cm³/mol. The summed E-state index contributed by atoms with van der Waals surface area (Å²) in [4.78, 5) is 23.6. The Morgan fingerprint density at radius 1 is 0.706 bits per heavy atom. The van der Waals surface area contributed by atoms with Crippen LogP contribution in [0.25, 0.3) is 0 Å². The van der Waals surface area contributed by atoms with Crippen LogP contribution in [0.15, 0.2) is 11.6 Å². The Morgan fingerprint density at radius 3 is 1.84 bits per heavy atom. The standard InChI is InChI=1S/C20H31BrO4.C20H29BrO4.CH4/c2*1-10(22)25-19-16(21)9-15-18-14(5-6-20(15,19)2)13-4-3-12(23)7-11(13)8-17(18)24;/h11-19,23-24H,3-9H2,1-2H3;8,12-19,23-24H,3-7,9H2,1-2H3;1H4/t11?,12-,13-,14?,15?,16+,17-,18?,19-,20-;12-,13-,14?,15?,16+,17-,18?,19-,20-;/m00./s1. The van der Waals surface area contributed by atoms with Crippen molar-refractivity contribution in [3.63, 3.8) is 0 Å². The van der Waals surface area contributed by atoms with E-state index < -0.39 is 6.10 Å². The number of carbonyl (C=O) groups is 2. The molecular formula is C41H64Br2O8. The largest absolute Gasteiger partial charge is 0.461 e. The van der Waals surface area contributed by atoms with Crippen molar-refractivity contribution >= 4 is 43.8 Å². The van der Waals surface area contributed by atoms with Crippen molar-refractivity contribution in [2.24, 2.45) is 64.1 Å². The lowest BCUT2D eigenvalue weighted by Crippen LogP contribution is -2.55. The summed E-state index contributed by atoms with van der Waals surface area (Å²) in [5.41, 5.74) is 1.17. The Kier molecular flexibility index (Phi) is 12.0. The highest BCUT2D eigenvalue weighted by molar-refractivity contribution is 9.09. The maximum absolute atomic E-state index is 11.6. The van der Waals surface area contributed by atoms with Crippen LogP contribution in [0, 0.1) is 64.1 Å². The molecule has 0 aromatic carbocycles. The topological polar surface area (TPSA) is 134 Å². The van der Waals surface area contributed by atoms with Crippen molar-refractivity contribution in [3.8, 4) is 0 Å². The molecule has 8 rings (SSSR count). The fourth-order valence-electron chi connectivity index (χ4n) is 13.8. The third kappa shape index (κ3) is 7.08. The van der Waals surface area contributed by atoms with E-state index in [2.05, 4.69) is 45.7 Å². The van der Waals surface area contributed by atoms with Gasteiger partial charge in [0.2, 0.25) is 0 Å². The molecule has 4 N–H and O–H groups in total. The van der Waals surface area contributed by atoms with Crippen molar-refractivity contribution < 1.29 is 39.5 Å². The quantitative estimate of drug-likeness (QED) is 0.132. The number of aliphatic hydroxyl groups is 4. The van der Waals surface area contributed by atoms with E-state index in [0.717, 1.165) is 83.5 Å². The molecule has 290 valence electrons. The molecule has 51 heavy (non-hydrogen) atoms. The van der Waals surface area contributed by atoms with Crippen LogP contribution in [0.5, 0.6) is 0 Å². The summed E-state index contributed by atoms with van der Waals surface area (Å²) in [7, 11) is 0. The van der Waals surface area contributed by atoms with Gasteiger partial charge in [-0.15, -0.1) is 0 Å². The van der Waals surface area contributed by atoms with Crippen molar-refractivity contribution in [2.75, 3.05) is 0 Å². The molecule has 0 aliphatic heterocycles. The van der Waals surface area contributed by atoms with Gasteiger partial charge in [-0.3, -0.25) is 9.59 Å². The van der Waals surface area contributed by atoms with Crippen LogP contribution >= 0.6 is 31.9 Å². The summed E-state index contributed by atoms with van der Waals surface area (Å²) in [6.07, 6.45) is 13.3. The van der Waals surface area contributed by atoms with Crippen LogP contribution in [0.1, 0.15) is 119 Å². The minimum Gasteiger partial charge on any atom is -0.461 e. The normalized spacial score (nSPS) is 52.4. The van der Waals surface area contributed by atoms with Crippen molar-refractivity contribution in [1.82, 2.24) is 0 Å². The van der Waals surface area contributed by atoms with Gasteiger partial charge in [0.25, 0.3) is 0 Å². The molecule has 0 saturated heterocycles. The summed E-state index contributed by atoms with van der Waals surface area (Å²) in [6, 6.07) is 0. The summed E-state index contributed by atoms with van der Waals surface area (Å²) >= 11 is 7.54. The minimum atomic E-state index is -0.443. The number of halogens is 2. The first-order valence-corrected chi connectivity index (χ1v) is 21.5. The van der Waals surface area contributed by atoms with Crippen LogP contribution in [0.3, 0.4) is 0 Å². The molecule has 0 heterocycles. The number of hydrogen-bond donors (Lipinski definition) is 4. The number of alkyl halides is 2. The predicted octanol–water partition coefficient (Wildman–Crippen LogP) is 7.11. The number of esters is 2. The monoisotopic (exact) mass is 842 g/mol. The first kappa shape index (κ1) is 40.2. The zero-order chi connectivity index (χ0) is 35.9. The number of aliphatic hydroxyl groups excluding tert-OH is 4. The first-order valence-electron chi connectivity index (χ1n) is 19.7. The van der Waals surface area contributed by atoms with E-state index in [1.807, 2.05) is 6.08 Å². The lowest BCUT2D eigenvalue weighted by atomic mass is 9.49. The van der Waals surface area contributed by atoms with Gasteiger partial charge in [-0.2, -0.15) is 0 Å². The third-order valence-corrected chi connectivity index (χ3v) is 17.5. The molecule has 8 aliphatic rings. The lowest BCUT2D eigenvalue weighted by molar-refractivity contribution is -0.165. The minimum absolute atomic E-state index is 0. The summed E-state index contributed by atoms with van der Waals surface area (Å²) < 4.78 is 11.4. The van der Waals surface area contributed by atoms with E-state index >= 15 is 0 Å². The molecule has 7 fully saturated rings. The van der Waals surface area contributed by atoms with E-state index in [0.29, 0.717) is 47.3 Å². The van der Waals surface area contributed by atoms with Gasteiger partial charge in [-0.05, 0) is 137 Å². The second-order valence-electron chi connectivity index (χ2n) is 18.3. The highest BCUT2D eigenvalue weighted by atomic mass is 79.9. The Bertz CT molecular complexity index is 1330. The van der Waals surface area contributed by atoms with Crippen LogP contribution in [0.4, 0.5) is 0 Å².